The molecule has 4 N–H and O–H groups in total. The quantitative estimate of drug-likeness (QED) is 0.111. The second kappa shape index (κ2) is 14.4. The van der Waals surface area contributed by atoms with E-state index in [0.717, 1.165) is 8.95 Å². The lowest BCUT2D eigenvalue weighted by Gasteiger charge is -2.28. The van der Waals surface area contributed by atoms with Crippen LogP contribution >= 0.6 is 31.9 Å². The molecule has 2 aromatic carbocycles. The van der Waals surface area contributed by atoms with Crippen LogP contribution in [0.3, 0.4) is 0 Å². The van der Waals surface area contributed by atoms with Crippen molar-refractivity contribution >= 4 is 50.1 Å². The molecule has 0 saturated heterocycles. The third-order valence-electron chi connectivity index (χ3n) is 5.49. The fourth-order valence-corrected chi connectivity index (χ4v) is 5.20. The number of aliphatic hydroxyl groups is 1. The molecular weight excluding hydrogens is 652 g/mol. The Bertz CT molecular complexity index is 1300. The van der Waals surface area contributed by atoms with Gasteiger partial charge in [0.25, 0.3) is 0 Å². The molecule has 0 unspecified atom stereocenters. The van der Waals surface area contributed by atoms with E-state index in [9.17, 15) is 14.7 Å². The second-order valence-corrected chi connectivity index (χ2v) is 10.7. The molecule has 1 heterocycles. The van der Waals surface area contributed by atoms with Gasteiger partial charge in [-0.3, -0.25) is 5.43 Å². The molecule has 2 amide bonds. The average molecular weight is 684 g/mol. The first kappa shape index (κ1) is 31.2. The first-order valence-electron chi connectivity index (χ1n) is 12.4. The number of rotatable bonds is 12. The van der Waals surface area contributed by atoms with Crippen molar-refractivity contribution in [3.05, 3.63) is 61.7 Å². The number of aliphatic hydroxyl groups excluding tert-OH is 1. The van der Waals surface area contributed by atoms with Gasteiger partial charge < -0.3 is 34.7 Å². The number of hydrogen-bond acceptors (Lipinski definition) is 9. The predicted molar refractivity (Wildman–Crippen MR) is 157 cm³/mol. The minimum Gasteiger partial charge on any atom is -0.490 e. The number of hydrazone groups is 1. The number of carbonyl (C=O) groups is 2. The largest absolute Gasteiger partial charge is 0.490 e. The molecular formula is C27H32Br2N4O7. The fraction of sp³-hybridized carbons (Fsp3) is 0.370. The fourth-order valence-electron chi connectivity index (χ4n) is 3.85. The van der Waals surface area contributed by atoms with Gasteiger partial charge in [0.2, 0.25) is 0 Å². The zero-order valence-electron chi connectivity index (χ0n) is 22.7. The number of halogens is 2. The van der Waals surface area contributed by atoms with Gasteiger partial charge in [0, 0.05) is 15.7 Å². The maximum absolute atomic E-state index is 12.4. The molecule has 40 heavy (non-hydrogen) atoms. The second-order valence-electron chi connectivity index (χ2n) is 8.89. The number of methoxy groups -OCH3 is 1. The number of allylic oxidation sites excluding steroid dienone is 1. The minimum absolute atomic E-state index is 0.0411. The van der Waals surface area contributed by atoms with Gasteiger partial charge >= 0.3 is 12.0 Å². The zero-order chi connectivity index (χ0) is 29.4. The van der Waals surface area contributed by atoms with E-state index in [4.69, 9.17) is 18.9 Å². The Morgan fingerprint density at radius 1 is 1.20 bits per heavy atom. The lowest BCUT2D eigenvalue weighted by Crippen LogP contribution is -2.45. The monoisotopic (exact) mass is 682 g/mol. The van der Waals surface area contributed by atoms with E-state index in [1.807, 2.05) is 32.9 Å². The van der Waals surface area contributed by atoms with Crippen LogP contribution in [0.2, 0.25) is 0 Å². The molecule has 0 bridgehead atoms. The molecule has 11 nitrogen and oxygen atoms in total. The summed E-state index contributed by atoms with van der Waals surface area (Å²) in [5.41, 5.74) is 4.59. The third-order valence-corrected chi connectivity index (χ3v) is 6.54. The van der Waals surface area contributed by atoms with E-state index >= 15 is 0 Å². The Balaban J connectivity index is 1.72. The zero-order valence-corrected chi connectivity index (χ0v) is 25.9. The summed E-state index contributed by atoms with van der Waals surface area (Å²) in [5.74, 6) is 0.793. The van der Waals surface area contributed by atoms with Crippen LogP contribution in [0.5, 0.6) is 17.2 Å². The Kier molecular flexibility index (Phi) is 11.2. The third kappa shape index (κ3) is 8.12. The summed E-state index contributed by atoms with van der Waals surface area (Å²) in [4.78, 5) is 24.5. The summed E-state index contributed by atoms with van der Waals surface area (Å²) in [5, 5.41) is 19.9. The normalized spacial score (nSPS) is 15.9. The van der Waals surface area contributed by atoms with Gasteiger partial charge in [-0.15, -0.1) is 0 Å². The van der Waals surface area contributed by atoms with Crippen LogP contribution in [-0.4, -0.2) is 56.0 Å². The van der Waals surface area contributed by atoms with Crippen LogP contribution in [0, 0.1) is 0 Å². The lowest BCUT2D eigenvalue weighted by molar-refractivity contribution is -0.136. The predicted octanol–water partition coefficient (Wildman–Crippen LogP) is 4.52. The molecule has 13 heteroatoms. The molecule has 0 fully saturated rings. The number of esters is 1. The first-order chi connectivity index (χ1) is 19.0. The first-order valence-corrected chi connectivity index (χ1v) is 14.0. The Labute approximate surface area is 249 Å². The van der Waals surface area contributed by atoms with Crippen molar-refractivity contribution in [2.75, 3.05) is 20.3 Å². The highest BCUT2D eigenvalue weighted by Gasteiger charge is 2.32. The highest BCUT2D eigenvalue weighted by molar-refractivity contribution is 9.11. The van der Waals surface area contributed by atoms with Crippen molar-refractivity contribution in [1.82, 2.24) is 16.1 Å². The minimum atomic E-state index is -1.14. The summed E-state index contributed by atoms with van der Waals surface area (Å²) < 4.78 is 23.9. The number of nitrogens with one attached hydrogen (secondary N) is 3. The number of nitrogens with zero attached hydrogens (tertiary/aromatic N) is 1. The van der Waals surface area contributed by atoms with Gasteiger partial charge in [-0.1, -0.05) is 22.0 Å². The van der Waals surface area contributed by atoms with Gasteiger partial charge in [-0.05, 0) is 73.5 Å². The van der Waals surface area contributed by atoms with Crippen LogP contribution in [0.15, 0.2) is 55.6 Å². The lowest BCUT2D eigenvalue weighted by atomic mass is 9.95. The van der Waals surface area contributed by atoms with Gasteiger partial charge in [-0.25, -0.2) is 9.59 Å². The van der Waals surface area contributed by atoms with Crippen LogP contribution in [0.1, 0.15) is 44.9 Å². The van der Waals surface area contributed by atoms with E-state index in [0.29, 0.717) is 40.7 Å². The number of hydrogen-bond donors (Lipinski definition) is 4. The number of urea groups is 1. The Morgan fingerprint density at radius 2 is 1.95 bits per heavy atom. The van der Waals surface area contributed by atoms with E-state index in [1.54, 1.807) is 31.3 Å². The molecule has 0 spiro atoms. The van der Waals surface area contributed by atoms with Crippen molar-refractivity contribution in [2.45, 2.75) is 46.1 Å². The molecule has 1 aliphatic heterocycles. The van der Waals surface area contributed by atoms with E-state index < -0.39 is 24.3 Å². The Morgan fingerprint density at radius 3 is 2.62 bits per heavy atom. The van der Waals surface area contributed by atoms with Crippen LogP contribution in [-0.2, 0) is 9.53 Å². The summed E-state index contributed by atoms with van der Waals surface area (Å²) in [6, 6.07) is 7.54. The van der Waals surface area contributed by atoms with Crippen LogP contribution in [0.25, 0.3) is 0 Å². The van der Waals surface area contributed by atoms with E-state index in [2.05, 4.69) is 53.0 Å². The van der Waals surface area contributed by atoms with Gasteiger partial charge in [-0.2, -0.15) is 5.10 Å². The topological polar surface area (TPSA) is 140 Å². The highest BCUT2D eigenvalue weighted by atomic mass is 79.9. The number of ether oxygens (including phenoxy) is 4. The number of carbonyl (C=O) groups excluding carboxylic acids is 2. The molecule has 3 rings (SSSR count). The van der Waals surface area contributed by atoms with Crippen molar-refractivity contribution in [3.63, 3.8) is 0 Å². The van der Waals surface area contributed by atoms with Crippen molar-refractivity contribution in [3.8, 4) is 17.2 Å². The standard InChI is InChI=1S/C27H32Br2N4O7/c1-6-38-21-10-16(24-23(26(35)37-5)15(4)31-27(36)32-24)7-8-20(21)39-13-22(34)33-30-12-17-9-18(28)11-19(29)25(17)40-14(2)3/h7-12,14,22,24,33-34H,6,13H2,1-5H3,(H2,31,32,36)/b30-12+/t22-,24+/m0/s1. The maximum Gasteiger partial charge on any atom is 0.337 e. The van der Waals surface area contributed by atoms with Crippen molar-refractivity contribution in [1.29, 1.82) is 0 Å². The molecule has 0 aliphatic carbocycles. The van der Waals surface area contributed by atoms with Crippen LogP contribution in [0.4, 0.5) is 4.79 Å². The molecule has 1 aliphatic rings. The average Bonchev–Trinajstić information content (AvgIpc) is 2.89. The van der Waals surface area contributed by atoms with Gasteiger partial charge in [0.15, 0.2) is 17.7 Å². The SMILES string of the molecule is CCOc1cc([C@H]2NC(=O)NC(C)=C2C(=O)OC)ccc1OC[C@H](O)N/N=C/c1cc(Br)cc(Br)c1OC(C)C. The Hall–Kier alpha value is -3.29. The van der Waals surface area contributed by atoms with Crippen molar-refractivity contribution in [2.24, 2.45) is 5.10 Å². The number of benzene rings is 2. The molecule has 0 saturated carbocycles. The summed E-state index contributed by atoms with van der Waals surface area (Å²) in [6.45, 7) is 7.49. The molecule has 2 aromatic rings. The number of amides is 2. The molecule has 2 atom stereocenters. The highest BCUT2D eigenvalue weighted by Crippen LogP contribution is 2.35. The molecule has 0 aromatic heterocycles. The van der Waals surface area contributed by atoms with Gasteiger partial charge in [0.1, 0.15) is 12.4 Å². The van der Waals surface area contributed by atoms with Gasteiger partial charge in [0.05, 0.1) is 42.1 Å². The van der Waals surface area contributed by atoms with E-state index in [1.165, 1.54) is 7.11 Å². The molecule has 0 radical (unpaired) electrons. The maximum atomic E-state index is 12.4. The van der Waals surface area contributed by atoms with Crippen molar-refractivity contribution < 1.29 is 33.6 Å². The van der Waals surface area contributed by atoms with E-state index in [-0.39, 0.29) is 18.3 Å². The summed E-state index contributed by atoms with van der Waals surface area (Å²) >= 11 is 6.96. The summed E-state index contributed by atoms with van der Waals surface area (Å²) in [7, 11) is 1.28. The van der Waals surface area contributed by atoms with Crippen LogP contribution < -0.4 is 30.3 Å². The smallest absolute Gasteiger partial charge is 0.337 e. The molecule has 216 valence electrons. The summed E-state index contributed by atoms with van der Waals surface area (Å²) in [6.07, 6.45) is 0.356.